The van der Waals surface area contributed by atoms with Gasteiger partial charge in [-0.2, -0.15) is 0 Å². The van der Waals surface area contributed by atoms with Crippen molar-refractivity contribution in [2.75, 3.05) is 12.3 Å². The average molecular weight is 226 g/mol. The third kappa shape index (κ3) is 2.89. The molecule has 0 atom stereocenters. The van der Waals surface area contributed by atoms with Crippen molar-refractivity contribution >= 4 is 16.5 Å². The molecule has 1 aromatic heterocycles. The second-order valence-corrected chi connectivity index (χ2v) is 4.92. The zero-order chi connectivity index (χ0) is 10.7. The second-order valence-electron chi connectivity index (χ2n) is 4.14. The summed E-state index contributed by atoms with van der Waals surface area (Å²) in [6, 6.07) is 0.776. The maximum atomic E-state index is 5.80. The number of anilines is 1. The fraction of sp³-hybridized carbons (Fsp3) is 0.800. The summed E-state index contributed by atoms with van der Waals surface area (Å²) < 4.78 is 3.87. The molecule has 0 spiro atoms. The summed E-state index contributed by atoms with van der Waals surface area (Å²) in [5, 5.41) is 4.85. The summed E-state index contributed by atoms with van der Waals surface area (Å²) >= 11 is 1.29. The number of nitrogen functional groups attached to an aromatic ring is 1. The van der Waals surface area contributed by atoms with Gasteiger partial charge in [0.25, 0.3) is 0 Å². The molecule has 0 saturated heterocycles. The van der Waals surface area contributed by atoms with E-state index >= 15 is 0 Å². The van der Waals surface area contributed by atoms with E-state index in [0.29, 0.717) is 0 Å². The number of hydrogen-bond acceptors (Lipinski definition) is 5. The van der Waals surface area contributed by atoms with Crippen molar-refractivity contribution in [2.24, 2.45) is 0 Å². The van der Waals surface area contributed by atoms with Gasteiger partial charge in [0.15, 0.2) is 0 Å². The molecule has 0 unspecified atom stereocenters. The first-order valence-corrected chi connectivity index (χ1v) is 6.39. The molecule has 1 saturated carbocycles. The van der Waals surface area contributed by atoms with E-state index in [4.69, 9.17) is 5.73 Å². The molecule has 5 heteroatoms. The van der Waals surface area contributed by atoms with Crippen LogP contribution in [0.4, 0.5) is 5.00 Å². The Kier molecular flexibility index (Phi) is 3.53. The van der Waals surface area contributed by atoms with Gasteiger partial charge in [0.2, 0.25) is 0 Å². The van der Waals surface area contributed by atoms with Crippen LogP contribution in [0.1, 0.15) is 38.3 Å². The molecule has 0 amide bonds. The van der Waals surface area contributed by atoms with Crippen LogP contribution in [0.2, 0.25) is 0 Å². The van der Waals surface area contributed by atoms with E-state index < -0.39 is 0 Å². The van der Waals surface area contributed by atoms with Crippen LogP contribution in [0.15, 0.2) is 0 Å². The Bertz CT molecular complexity index is 308. The molecule has 0 aromatic carbocycles. The first-order chi connectivity index (χ1) is 7.31. The molecule has 1 aliphatic carbocycles. The molecular formula is C10H18N4S. The van der Waals surface area contributed by atoms with Gasteiger partial charge in [-0.1, -0.05) is 17.8 Å². The number of aromatic nitrogens is 2. The number of rotatable bonds is 6. The monoisotopic (exact) mass is 226 g/mol. The molecule has 1 heterocycles. The zero-order valence-electron chi connectivity index (χ0n) is 9.15. The van der Waals surface area contributed by atoms with Gasteiger partial charge in [-0.25, -0.2) is 0 Å². The zero-order valence-corrected chi connectivity index (χ0v) is 9.96. The smallest absolute Gasteiger partial charge is 0.132 e. The Morgan fingerprint density at radius 1 is 1.53 bits per heavy atom. The van der Waals surface area contributed by atoms with E-state index in [1.165, 1.54) is 37.2 Å². The van der Waals surface area contributed by atoms with E-state index in [-0.39, 0.29) is 0 Å². The van der Waals surface area contributed by atoms with Crippen molar-refractivity contribution in [1.82, 2.24) is 14.5 Å². The number of unbranched alkanes of at least 4 members (excludes halogenated alkanes) is 1. The van der Waals surface area contributed by atoms with Gasteiger partial charge in [-0.3, -0.25) is 4.90 Å². The normalized spacial score (nSPS) is 16.1. The third-order valence-electron chi connectivity index (χ3n) is 2.80. The van der Waals surface area contributed by atoms with Crippen LogP contribution >= 0.6 is 11.5 Å². The van der Waals surface area contributed by atoms with Gasteiger partial charge in [0.1, 0.15) is 10.7 Å². The summed E-state index contributed by atoms with van der Waals surface area (Å²) in [5.74, 6) is 0. The summed E-state index contributed by atoms with van der Waals surface area (Å²) in [7, 11) is 0. The lowest BCUT2D eigenvalue weighted by atomic mass is 10.3. The first kappa shape index (κ1) is 10.8. The van der Waals surface area contributed by atoms with Crippen LogP contribution in [-0.2, 0) is 6.54 Å². The predicted molar refractivity (Wildman–Crippen MR) is 62.7 cm³/mol. The molecule has 0 radical (unpaired) electrons. The van der Waals surface area contributed by atoms with Crippen LogP contribution in [0.3, 0.4) is 0 Å². The molecule has 15 heavy (non-hydrogen) atoms. The lowest BCUT2D eigenvalue weighted by Gasteiger charge is -2.20. The highest BCUT2D eigenvalue weighted by molar-refractivity contribution is 7.09. The van der Waals surface area contributed by atoms with Gasteiger partial charge >= 0.3 is 0 Å². The molecule has 2 N–H and O–H groups in total. The van der Waals surface area contributed by atoms with E-state index in [0.717, 1.165) is 29.8 Å². The van der Waals surface area contributed by atoms with E-state index in [1.807, 2.05) is 0 Å². The van der Waals surface area contributed by atoms with Gasteiger partial charge in [0, 0.05) is 24.1 Å². The standard InChI is InChI=1S/C10H18N4S/c1-2-3-6-14(8-4-5-8)7-9-10(11)15-13-12-9/h8H,2-7,11H2,1H3. The number of nitrogens with zero attached hydrogens (tertiary/aromatic N) is 3. The van der Waals surface area contributed by atoms with Crippen LogP contribution in [0.5, 0.6) is 0 Å². The molecule has 84 valence electrons. The fourth-order valence-electron chi connectivity index (χ4n) is 1.71. The summed E-state index contributed by atoms with van der Waals surface area (Å²) in [4.78, 5) is 2.50. The van der Waals surface area contributed by atoms with Crippen molar-refractivity contribution < 1.29 is 0 Å². The van der Waals surface area contributed by atoms with Crippen LogP contribution in [-0.4, -0.2) is 27.1 Å². The van der Waals surface area contributed by atoms with Gasteiger partial charge in [0.05, 0.1) is 0 Å². The minimum absolute atomic E-state index is 0.775. The maximum Gasteiger partial charge on any atom is 0.132 e. The van der Waals surface area contributed by atoms with Gasteiger partial charge in [-0.15, -0.1) is 5.10 Å². The first-order valence-electron chi connectivity index (χ1n) is 5.62. The molecule has 1 aromatic rings. The minimum Gasteiger partial charge on any atom is -0.388 e. The average Bonchev–Trinajstić information content (AvgIpc) is 2.99. The Hall–Kier alpha value is -0.680. The molecule has 0 bridgehead atoms. The lowest BCUT2D eigenvalue weighted by Crippen LogP contribution is -2.27. The summed E-state index contributed by atoms with van der Waals surface area (Å²) in [6.45, 7) is 4.27. The fourth-order valence-corrected chi connectivity index (χ4v) is 2.15. The van der Waals surface area contributed by atoms with Crippen molar-refractivity contribution in [3.05, 3.63) is 5.69 Å². The van der Waals surface area contributed by atoms with Crippen molar-refractivity contribution in [1.29, 1.82) is 0 Å². The Balaban J connectivity index is 1.91. The Labute approximate surface area is 94.6 Å². The van der Waals surface area contributed by atoms with Crippen LogP contribution < -0.4 is 5.73 Å². The van der Waals surface area contributed by atoms with E-state index in [1.54, 1.807) is 0 Å². The molecule has 1 aliphatic rings. The highest BCUT2D eigenvalue weighted by atomic mass is 32.1. The van der Waals surface area contributed by atoms with Crippen molar-refractivity contribution in [2.45, 2.75) is 45.2 Å². The third-order valence-corrected chi connectivity index (χ3v) is 3.40. The topological polar surface area (TPSA) is 55.0 Å². The van der Waals surface area contributed by atoms with Crippen molar-refractivity contribution in [3.8, 4) is 0 Å². The molecule has 2 rings (SSSR count). The highest BCUT2D eigenvalue weighted by Gasteiger charge is 2.29. The van der Waals surface area contributed by atoms with E-state index in [9.17, 15) is 0 Å². The molecule has 1 fully saturated rings. The molecular weight excluding hydrogens is 208 g/mol. The summed E-state index contributed by atoms with van der Waals surface area (Å²) in [6.07, 6.45) is 5.17. The molecule has 0 aliphatic heterocycles. The van der Waals surface area contributed by atoms with Crippen LogP contribution in [0.25, 0.3) is 0 Å². The largest absolute Gasteiger partial charge is 0.388 e. The Morgan fingerprint density at radius 2 is 2.33 bits per heavy atom. The van der Waals surface area contributed by atoms with E-state index in [2.05, 4.69) is 21.4 Å². The van der Waals surface area contributed by atoms with Crippen molar-refractivity contribution in [3.63, 3.8) is 0 Å². The molecule has 4 nitrogen and oxygen atoms in total. The highest BCUT2D eigenvalue weighted by Crippen LogP contribution is 2.29. The predicted octanol–water partition coefficient (Wildman–Crippen LogP) is 1.88. The number of nitrogens with two attached hydrogens (primary N) is 1. The van der Waals surface area contributed by atoms with Crippen LogP contribution in [0, 0.1) is 0 Å². The second kappa shape index (κ2) is 4.90. The van der Waals surface area contributed by atoms with Gasteiger partial charge in [-0.05, 0) is 25.8 Å². The maximum absolute atomic E-state index is 5.80. The minimum atomic E-state index is 0.775. The Morgan fingerprint density at radius 3 is 2.87 bits per heavy atom. The SMILES string of the molecule is CCCCN(Cc1nnsc1N)C1CC1. The lowest BCUT2D eigenvalue weighted by molar-refractivity contribution is 0.248. The quantitative estimate of drug-likeness (QED) is 0.804. The number of hydrogen-bond donors (Lipinski definition) is 1. The summed E-state index contributed by atoms with van der Waals surface area (Å²) in [5.41, 5.74) is 6.77. The van der Waals surface area contributed by atoms with Gasteiger partial charge < -0.3 is 5.73 Å².